The van der Waals surface area contributed by atoms with Crippen molar-refractivity contribution in [2.75, 3.05) is 24.7 Å². The number of hydrogen-bond donors (Lipinski definition) is 1. The first-order chi connectivity index (χ1) is 8.63. The van der Waals surface area contributed by atoms with Crippen LogP contribution >= 0.6 is 11.8 Å². The van der Waals surface area contributed by atoms with E-state index in [-0.39, 0.29) is 6.03 Å². The highest BCUT2D eigenvalue weighted by Crippen LogP contribution is 2.28. The van der Waals surface area contributed by atoms with Crippen LogP contribution in [0.15, 0.2) is 0 Å². The minimum Gasteiger partial charge on any atom is -0.480 e. The molecule has 0 aromatic heterocycles. The van der Waals surface area contributed by atoms with Gasteiger partial charge in [0.15, 0.2) is 0 Å². The number of carboxylic acid groups (broad SMARTS) is 1. The molecule has 1 N–H and O–H groups in total. The lowest BCUT2D eigenvalue weighted by atomic mass is 9.85. The molecule has 1 saturated heterocycles. The topological polar surface area (TPSA) is 60.9 Å². The molecule has 1 unspecified atom stereocenters. The van der Waals surface area contributed by atoms with Gasteiger partial charge in [-0.1, -0.05) is 6.42 Å². The minimum atomic E-state index is -0.895. The summed E-state index contributed by atoms with van der Waals surface area (Å²) >= 11 is 1.51. The van der Waals surface area contributed by atoms with Crippen LogP contribution in [0.3, 0.4) is 0 Å². The average Bonchev–Trinajstić information content (AvgIpc) is 2.76. The fraction of sp³-hybridized carbons (Fsp3) is 0.833. The molecule has 2 aliphatic rings. The molecule has 1 saturated carbocycles. The molecule has 0 aromatic rings. The first-order valence-electron chi connectivity index (χ1n) is 6.49. The molecule has 0 radical (unpaired) electrons. The lowest BCUT2D eigenvalue weighted by molar-refractivity contribution is -0.140. The Balaban J connectivity index is 1.96. The second-order valence-corrected chi connectivity index (χ2v) is 5.94. The molecule has 6 heteroatoms. The Morgan fingerprint density at radius 1 is 1.44 bits per heavy atom. The third-order valence-corrected chi connectivity index (χ3v) is 4.78. The van der Waals surface area contributed by atoms with E-state index in [4.69, 9.17) is 5.11 Å². The molecule has 102 valence electrons. The molecule has 2 rings (SSSR count). The van der Waals surface area contributed by atoms with Gasteiger partial charge in [-0.05, 0) is 25.7 Å². The van der Waals surface area contributed by atoms with E-state index in [1.807, 2.05) is 6.92 Å². The maximum Gasteiger partial charge on any atom is 0.327 e. The largest absolute Gasteiger partial charge is 0.480 e. The molecule has 18 heavy (non-hydrogen) atoms. The van der Waals surface area contributed by atoms with E-state index in [0.717, 1.165) is 6.54 Å². The SMILES string of the molecule is CCN(CC1CCC1)C(=O)N1CSCC1C(=O)O. The van der Waals surface area contributed by atoms with Crippen molar-refractivity contribution < 1.29 is 14.7 Å². The maximum absolute atomic E-state index is 12.3. The third kappa shape index (κ3) is 2.74. The van der Waals surface area contributed by atoms with Gasteiger partial charge in [-0.15, -0.1) is 11.8 Å². The quantitative estimate of drug-likeness (QED) is 0.846. The number of aliphatic carboxylic acids is 1. The van der Waals surface area contributed by atoms with Gasteiger partial charge in [-0.3, -0.25) is 0 Å². The van der Waals surface area contributed by atoms with Crippen molar-refractivity contribution in [3.8, 4) is 0 Å². The summed E-state index contributed by atoms with van der Waals surface area (Å²) in [6.45, 7) is 3.39. The van der Waals surface area contributed by atoms with Crippen LogP contribution in [-0.2, 0) is 4.79 Å². The van der Waals surface area contributed by atoms with Crippen molar-refractivity contribution >= 4 is 23.8 Å². The lowest BCUT2D eigenvalue weighted by Gasteiger charge is -2.34. The van der Waals surface area contributed by atoms with Gasteiger partial charge >= 0.3 is 12.0 Å². The van der Waals surface area contributed by atoms with Crippen molar-refractivity contribution in [2.24, 2.45) is 5.92 Å². The van der Waals surface area contributed by atoms with Crippen LogP contribution in [0.25, 0.3) is 0 Å². The third-order valence-electron chi connectivity index (χ3n) is 3.77. The molecule has 0 aromatic carbocycles. The predicted molar refractivity (Wildman–Crippen MR) is 70.6 cm³/mol. The van der Waals surface area contributed by atoms with Gasteiger partial charge in [-0.25, -0.2) is 9.59 Å². The number of hydrogen-bond acceptors (Lipinski definition) is 3. The zero-order valence-corrected chi connectivity index (χ0v) is 11.5. The number of thioether (sulfide) groups is 1. The molecule has 0 spiro atoms. The van der Waals surface area contributed by atoms with E-state index in [2.05, 4.69) is 0 Å². The Morgan fingerprint density at radius 3 is 2.67 bits per heavy atom. The number of carboxylic acids is 1. The van der Waals surface area contributed by atoms with Gasteiger partial charge < -0.3 is 14.9 Å². The van der Waals surface area contributed by atoms with Crippen molar-refractivity contribution in [3.63, 3.8) is 0 Å². The first-order valence-corrected chi connectivity index (χ1v) is 7.65. The average molecular weight is 272 g/mol. The Bertz CT molecular complexity index is 333. The Morgan fingerprint density at radius 2 is 2.17 bits per heavy atom. The summed E-state index contributed by atoms with van der Waals surface area (Å²) in [6, 6.07) is -0.764. The molecule has 5 nitrogen and oxygen atoms in total. The van der Waals surface area contributed by atoms with Crippen LogP contribution in [0.1, 0.15) is 26.2 Å². The Kier molecular flexibility index (Phi) is 4.37. The van der Waals surface area contributed by atoms with Gasteiger partial charge in [0.1, 0.15) is 6.04 Å². The molecule has 1 heterocycles. The molecule has 1 aliphatic carbocycles. The van der Waals surface area contributed by atoms with Crippen LogP contribution in [0.5, 0.6) is 0 Å². The first kappa shape index (κ1) is 13.5. The van der Waals surface area contributed by atoms with Gasteiger partial charge in [0, 0.05) is 18.8 Å². The van der Waals surface area contributed by atoms with Gasteiger partial charge in [0.2, 0.25) is 0 Å². The molecule has 0 bridgehead atoms. The highest BCUT2D eigenvalue weighted by molar-refractivity contribution is 7.99. The number of carbonyl (C=O) groups excluding carboxylic acids is 1. The fourth-order valence-electron chi connectivity index (χ4n) is 2.35. The van der Waals surface area contributed by atoms with Gasteiger partial charge in [-0.2, -0.15) is 0 Å². The second kappa shape index (κ2) is 5.82. The summed E-state index contributed by atoms with van der Waals surface area (Å²) in [5.74, 6) is 0.722. The maximum atomic E-state index is 12.3. The summed E-state index contributed by atoms with van der Waals surface area (Å²) in [5.41, 5.74) is 0. The van der Waals surface area contributed by atoms with E-state index in [1.54, 1.807) is 4.90 Å². The minimum absolute atomic E-state index is 0.109. The van der Waals surface area contributed by atoms with Crippen molar-refractivity contribution in [1.29, 1.82) is 0 Å². The van der Waals surface area contributed by atoms with Gasteiger partial charge in [0.25, 0.3) is 0 Å². The lowest BCUT2D eigenvalue weighted by Crippen LogP contribution is -2.50. The van der Waals surface area contributed by atoms with Crippen molar-refractivity contribution in [1.82, 2.24) is 9.80 Å². The Labute approximate surface area is 112 Å². The highest BCUT2D eigenvalue weighted by Gasteiger charge is 2.37. The van der Waals surface area contributed by atoms with Crippen LogP contribution in [0.2, 0.25) is 0 Å². The molecular weight excluding hydrogens is 252 g/mol. The van der Waals surface area contributed by atoms with E-state index < -0.39 is 12.0 Å². The summed E-state index contributed by atoms with van der Waals surface area (Å²) in [4.78, 5) is 26.7. The zero-order valence-electron chi connectivity index (χ0n) is 10.7. The summed E-state index contributed by atoms with van der Waals surface area (Å²) < 4.78 is 0. The fourth-order valence-corrected chi connectivity index (χ4v) is 3.49. The van der Waals surface area contributed by atoms with E-state index in [1.165, 1.54) is 35.9 Å². The summed E-state index contributed by atoms with van der Waals surface area (Å²) in [5, 5.41) is 9.10. The molecule has 2 amide bonds. The van der Waals surface area contributed by atoms with E-state index in [9.17, 15) is 9.59 Å². The van der Waals surface area contributed by atoms with Crippen molar-refractivity contribution in [2.45, 2.75) is 32.2 Å². The summed E-state index contributed by atoms with van der Waals surface area (Å²) in [6.07, 6.45) is 3.65. The predicted octanol–water partition coefficient (Wildman–Crippen LogP) is 1.69. The van der Waals surface area contributed by atoms with Crippen LogP contribution in [-0.4, -0.2) is 57.7 Å². The number of amides is 2. The number of carbonyl (C=O) groups is 2. The Hall–Kier alpha value is -0.910. The highest BCUT2D eigenvalue weighted by atomic mass is 32.2. The molecule has 1 aliphatic heterocycles. The number of urea groups is 1. The van der Waals surface area contributed by atoms with Crippen molar-refractivity contribution in [3.05, 3.63) is 0 Å². The zero-order chi connectivity index (χ0) is 13.1. The van der Waals surface area contributed by atoms with Crippen LogP contribution in [0, 0.1) is 5.92 Å². The molecular formula is C12H20N2O3S. The normalized spacial score (nSPS) is 23.8. The smallest absolute Gasteiger partial charge is 0.327 e. The molecule has 1 atom stereocenters. The standard InChI is InChI=1S/C12H20N2O3S/c1-2-13(6-9-4-3-5-9)12(17)14-8-18-7-10(14)11(15)16/h9-10H,2-8H2,1H3,(H,15,16). The van der Waals surface area contributed by atoms with E-state index >= 15 is 0 Å². The van der Waals surface area contributed by atoms with Crippen LogP contribution < -0.4 is 0 Å². The molecule has 2 fully saturated rings. The number of rotatable bonds is 4. The monoisotopic (exact) mass is 272 g/mol. The van der Waals surface area contributed by atoms with E-state index in [0.29, 0.717) is 24.1 Å². The number of nitrogens with zero attached hydrogens (tertiary/aromatic N) is 2. The second-order valence-electron chi connectivity index (χ2n) is 4.94. The summed E-state index contributed by atoms with van der Waals surface area (Å²) in [7, 11) is 0. The van der Waals surface area contributed by atoms with Gasteiger partial charge in [0.05, 0.1) is 5.88 Å². The van der Waals surface area contributed by atoms with Crippen LogP contribution in [0.4, 0.5) is 4.79 Å².